The van der Waals surface area contributed by atoms with Crippen molar-refractivity contribution < 1.29 is 19.3 Å². The van der Waals surface area contributed by atoms with Crippen LogP contribution in [0.4, 0.5) is 0 Å². The highest BCUT2D eigenvalue weighted by Crippen LogP contribution is 2.23. The average molecular weight is 160 g/mol. The third-order valence-corrected chi connectivity index (χ3v) is 1.84. The van der Waals surface area contributed by atoms with Crippen LogP contribution in [0.25, 0.3) is 0 Å². The van der Waals surface area contributed by atoms with Crippen molar-refractivity contribution in [3.8, 4) is 0 Å². The lowest BCUT2D eigenvalue weighted by Gasteiger charge is -1.96. The second-order valence-electron chi connectivity index (χ2n) is 2.84. The minimum atomic E-state index is -0.154. The van der Waals surface area contributed by atoms with Crippen LogP contribution in [0.1, 0.15) is 6.42 Å². The molecule has 2 rings (SSSR count). The minimum absolute atomic E-state index is 0.0601. The summed E-state index contributed by atoms with van der Waals surface area (Å²) < 4.78 is 15.2. The summed E-state index contributed by atoms with van der Waals surface area (Å²) in [6.07, 6.45) is 1.13. The molecule has 4 nitrogen and oxygen atoms in total. The van der Waals surface area contributed by atoms with Gasteiger partial charge < -0.3 is 19.3 Å². The molecule has 4 heteroatoms. The highest BCUT2D eigenvalue weighted by Gasteiger charge is 2.39. The van der Waals surface area contributed by atoms with Gasteiger partial charge in [0.25, 0.3) is 0 Å². The number of aliphatic hydroxyl groups is 1. The summed E-state index contributed by atoms with van der Waals surface area (Å²) in [6.45, 7) is 1.61. The van der Waals surface area contributed by atoms with E-state index in [1.165, 1.54) is 0 Å². The molecule has 3 unspecified atom stereocenters. The van der Waals surface area contributed by atoms with Crippen LogP contribution in [0.2, 0.25) is 0 Å². The van der Waals surface area contributed by atoms with Crippen molar-refractivity contribution in [1.29, 1.82) is 0 Å². The Balaban J connectivity index is 1.47. The normalized spacial score (nSPS) is 40.6. The zero-order valence-corrected chi connectivity index (χ0v) is 6.23. The number of hydrogen-bond acceptors (Lipinski definition) is 4. The minimum Gasteiger partial charge on any atom is -0.393 e. The molecule has 0 spiro atoms. The van der Waals surface area contributed by atoms with Crippen molar-refractivity contribution in [2.75, 3.05) is 19.8 Å². The molecule has 0 aromatic carbocycles. The molecule has 1 N–H and O–H groups in total. The first-order valence-corrected chi connectivity index (χ1v) is 3.89. The van der Waals surface area contributed by atoms with Crippen molar-refractivity contribution in [3.05, 3.63) is 0 Å². The molecule has 2 saturated heterocycles. The number of epoxide rings is 2. The van der Waals surface area contributed by atoms with E-state index in [0.29, 0.717) is 12.7 Å². The summed E-state index contributed by atoms with van der Waals surface area (Å²) in [4.78, 5) is 0. The van der Waals surface area contributed by atoms with Crippen molar-refractivity contribution in [2.45, 2.75) is 24.9 Å². The summed E-state index contributed by atoms with van der Waals surface area (Å²) in [5, 5.41) is 8.57. The first kappa shape index (κ1) is 7.49. The molecule has 0 bridgehead atoms. The molecular formula is C7H12O4. The quantitative estimate of drug-likeness (QED) is 0.551. The second-order valence-corrected chi connectivity index (χ2v) is 2.84. The summed E-state index contributed by atoms with van der Waals surface area (Å²) in [7, 11) is 0. The molecule has 2 fully saturated rings. The highest BCUT2D eigenvalue weighted by atomic mass is 16.8. The Morgan fingerprint density at radius 3 is 2.91 bits per heavy atom. The predicted molar refractivity (Wildman–Crippen MR) is 36.1 cm³/mol. The molecule has 3 atom stereocenters. The SMILES string of the molecule is OCC1OC1OCCC1CO1. The van der Waals surface area contributed by atoms with Gasteiger partial charge in [0.05, 0.1) is 25.9 Å². The topological polar surface area (TPSA) is 54.5 Å². The Kier molecular flexibility index (Phi) is 2.09. The fraction of sp³-hybridized carbons (Fsp3) is 1.00. The van der Waals surface area contributed by atoms with Gasteiger partial charge in [0.15, 0.2) is 6.29 Å². The van der Waals surface area contributed by atoms with E-state index < -0.39 is 0 Å². The maximum Gasteiger partial charge on any atom is 0.186 e. The fourth-order valence-electron chi connectivity index (χ4n) is 0.953. The number of aliphatic hydroxyl groups excluding tert-OH is 1. The van der Waals surface area contributed by atoms with Crippen LogP contribution >= 0.6 is 0 Å². The van der Waals surface area contributed by atoms with Crippen LogP contribution in [0.15, 0.2) is 0 Å². The zero-order chi connectivity index (χ0) is 7.68. The van der Waals surface area contributed by atoms with Gasteiger partial charge in [-0.1, -0.05) is 0 Å². The number of rotatable bonds is 5. The predicted octanol–water partition coefficient (Wildman–Crippen LogP) is -0.491. The van der Waals surface area contributed by atoms with Gasteiger partial charge in [-0.15, -0.1) is 0 Å². The van der Waals surface area contributed by atoms with E-state index in [1.807, 2.05) is 0 Å². The van der Waals surface area contributed by atoms with Gasteiger partial charge in [0.2, 0.25) is 0 Å². The molecule has 64 valence electrons. The summed E-state index contributed by atoms with van der Waals surface area (Å²) >= 11 is 0. The Bertz CT molecular complexity index is 134. The van der Waals surface area contributed by atoms with Gasteiger partial charge in [-0.05, 0) is 6.42 Å². The highest BCUT2D eigenvalue weighted by molar-refractivity contribution is 4.76. The fourth-order valence-corrected chi connectivity index (χ4v) is 0.953. The van der Waals surface area contributed by atoms with Gasteiger partial charge in [0.1, 0.15) is 6.10 Å². The Morgan fingerprint density at radius 2 is 2.36 bits per heavy atom. The number of ether oxygens (including phenoxy) is 3. The molecule has 2 aliphatic rings. The number of hydrogen-bond donors (Lipinski definition) is 1. The molecule has 0 aromatic heterocycles. The second kappa shape index (κ2) is 3.06. The summed E-state index contributed by atoms with van der Waals surface area (Å²) in [6, 6.07) is 0. The van der Waals surface area contributed by atoms with E-state index in [4.69, 9.17) is 19.3 Å². The molecule has 0 aromatic rings. The van der Waals surface area contributed by atoms with E-state index in [-0.39, 0.29) is 19.0 Å². The Hall–Kier alpha value is -0.160. The maximum atomic E-state index is 8.57. The van der Waals surface area contributed by atoms with Crippen molar-refractivity contribution >= 4 is 0 Å². The molecular weight excluding hydrogens is 148 g/mol. The average Bonchev–Trinajstić information content (AvgIpc) is 2.79. The van der Waals surface area contributed by atoms with E-state index in [9.17, 15) is 0 Å². The van der Waals surface area contributed by atoms with E-state index in [0.717, 1.165) is 13.0 Å². The molecule has 11 heavy (non-hydrogen) atoms. The molecule has 2 aliphatic heterocycles. The van der Waals surface area contributed by atoms with Crippen LogP contribution in [0.5, 0.6) is 0 Å². The van der Waals surface area contributed by atoms with Gasteiger partial charge in [0, 0.05) is 0 Å². The molecule has 0 aliphatic carbocycles. The zero-order valence-electron chi connectivity index (χ0n) is 6.23. The first-order valence-electron chi connectivity index (χ1n) is 3.89. The van der Waals surface area contributed by atoms with Crippen molar-refractivity contribution in [1.82, 2.24) is 0 Å². The third-order valence-electron chi connectivity index (χ3n) is 1.84. The smallest absolute Gasteiger partial charge is 0.186 e. The Morgan fingerprint density at radius 1 is 1.55 bits per heavy atom. The summed E-state index contributed by atoms with van der Waals surface area (Å²) in [5.74, 6) is 0. The monoisotopic (exact) mass is 160 g/mol. The Labute approximate surface area is 65.1 Å². The van der Waals surface area contributed by atoms with Gasteiger partial charge in [-0.3, -0.25) is 0 Å². The van der Waals surface area contributed by atoms with E-state index in [2.05, 4.69) is 0 Å². The lowest BCUT2D eigenvalue weighted by Crippen LogP contribution is -2.06. The maximum absolute atomic E-state index is 8.57. The third kappa shape index (κ3) is 2.13. The van der Waals surface area contributed by atoms with E-state index in [1.54, 1.807) is 0 Å². The molecule has 0 amide bonds. The van der Waals surface area contributed by atoms with Gasteiger partial charge >= 0.3 is 0 Å². The van der Waals surface area contributed by atoms with Crippen LogP contribution in [0.3, 0.4) is 0 Å². The molecule has 0 saturated carbocycles. The molecule has 0 radical (unpaired) electrons. The van der Waals surface area contributed by atoms with Crippen LogP contribution in [-0.4, -0.2) is 43.4 Å². The lowest BCUT2D eigenvalue weighted by molar-refractivity contribution is 0.0458. The van der Waals surface area contributed by atoms with Gasteiger partial charge in [-0.2, -0.15) is 0 Å². The summed E-state index contributed by atoms with van der Waals surface area (Å²) in [5.41, 5.74) is 0. The largest absolute Gasteiger partial charge is 0.393 e. The van der Waals surface area contributed by atoms with Crippen molar-refractivity contribution in [2.24, 2.45) is 0 Å². The van der Waals surface area contributed by atoms with Crippen LogP contribution < -0.4 is 0 Å². The van der Waals surface area contributed by atoms with Crippen LogP contribution in [-0.2, 0) is 14.2 Å². The lowest BCUT2D eigenvalue weighted by atomic mass is 10.3. The standard InChI is InChI=1S/C7H12O4/c8-3-6-7(11-6)9-2-1-5-4-10-5/h5-8H,1-4H2. The van der Waals surface area contributed by atoms with Crippen molar-refractivity contribution in [3.63, 3.8) is 0 Å². The van der Waals surface area contributed by atoms with Gasteiger partial charge in [-0.25, -0.2) is 0 Å². The van der Waals surface area contributed by atoms with Crippen LogP contribution in [0, 0.1) is 0 Å². The first-order chi connectivity index (χ1) is 5.40. The van der Waals surface area contributed by atoms with E-state index >= 15 is 0 Å². The molecule has 2 heterocycles.